The summed E-state index contributed by atoms with van der Waals surface area (Å²) < 4.78 is 0. The Balaban J connectivity index is 2.13. The van der Waals surface area contributed by atoms with E-state index in [2.05, 4.69) is 20.6 Å². The van der Waals surface area contributed by atoms with E-state index in [1.165, 1.54) is 12.8 Å². The Labute approximate surface area is 120 Å². The molecule has 1 fully saturated rings. The van der Waals surface area contributed by atoms with Gasteiger partial charge in [0.15, 0.2) is 0 Å². The zero-order valence-electron chi connectivity index (χ0n) is 12.6. The Bertz CT molecular complexity index is 486. The van der Waals surface area contributed by atoms with Gasteiger partial charge < -0.3 is 15.5 Å². The van der Waals surface area contributed by atoms with E-state index < -0.39 is 0 Å². The minimum Gasteiger partial charge on any atom is -0.373 e. The number of hydrogen-bond donors (Lipinski definition) is 2. The van der Waals surface area contributed by atoms with Crippen LogP contribution >= 0.6 is 0 Å². The number of amides is 1. The van der Waals surface area contributed by atoms with E-state index in [0.717, 1.165) is 17.5 Å². The smallest absolute Gasteiger partial charge is 0.224 e. The molecule has 1 amide bonds. The normalized spacial score (nSPS) is 15.6. The van der Waals surface area contributed by atoms with Crippen LogP contribution in [0.5, 0.6) is 0 Å². The lowest BCUT2D eigenvalue weighted by atomic mass is 10.1. The second-order valence-electron chi connectivity index (χ2n) is 5.39. The third kappa shape index (κ3) is 3.37. The number of carbonyl (C=O) groups excluding carboxylic acids is 1. The first-order chi connectivity index (χ1) is 9.55. The van der Waals surface area contributed by atoms with E-state index in [4.69, 9.17) is 0 Å². The summed E-state index contributed by atoms with van der Waals surface area (Å²) in [6.07, 6.45) is 2.34. The fourth-order valence-corrected chi connectivity index (χ4v) is 2.13. The Morgan fingerprint density at radius 3 is 2.70 bits per heavy atom. The molecule has 2 N–H and O–H groups in total. The molecular formula is C14H23N5O. The average molecular weight is 277 g/mol. The number of anilines is 2. The molecule has 1 heterocycles. The average Bonchev–Trinajstić information content (AvgIpc) is 3.30. The van der Waals surface area contributed by atoms with Gasteiger partial charge in [-0.1, -0.05) is 6.92 Å². The largest absolute Gasteiger partial charge is 0.373 e. The maximum Gasteiger partial charge on any atom is 0.224 e. The Hall–Kier alpha value is -1.85. The fourth-order valence-electron chi connectivity index (χ4n) is 2.13. The van der Waals surface area contributed by atoms with E-state index >= 15 is 0 Å². The molecule has 0 radical (unpaired) electrons. The Morgan fingerprint density at radius 1 is 1.45 bits per heavy atom. The summed E-state index contributed by atoms with van der Waals surface area (Å²) >= 11 is 0. The van der Waals surface area contributed by atoms with Crippen LogP contribution in [0.4, 0.5) is 11.6 Å². The molecule has 1 aromatic heterocycles. The summed E-state index contributed by atoms with van der Waals surface area (Å²) in [6, 6.07) is 1.92. The van der Waals surface area contributed by atoms with Crippen LogP contribution in [0.3, 0.4) is 0 Å². The zero-order valence-corrected chi connectivity index (χ0v) is 12.6. The molecular weight excluding hydrogens is 254 g/mol. The van der Waals surface area contributed by atoms with Crippen molar-refractivity contribution < 1.29 is 4.79 Å². The number of aromatic nitrogens is 2. The molecule has 0 aromatic carbocycles. The van der Waals surface area contributed by atoms with Crippen LogP contribution in [0.15, 0.2) is 6.07 Å². The van der Waals surface area contributed by atoms with Crippen molar-refractivity contribution in [3.63, 3.8) is 0 Å². The highest BCUT2D eigenvalue weighted by Crippen LogP contribution is 2.39. The molecule has 20 heavy (non-hydrogen) atoms. The predicted molar refractivity (Wildman–Crippen MR) is 80.1 cm³/mol. The van der Waals surface area contributed by atoms with Crippen molar-refractivity contribution in [3.8, 4) is 0 Å². The number of nitrogens with one attached hydrogen (secondary N) is 2. The third-order valence-electron chi connectivity index (χ3n) is 3.56. The molecule has 0 bridgehead atoms. The first-order valence-corrected chi connectivity index (χ1v) is 7.04. The maximum atomic E-state index is 11.6. The summed E-state index contributed by atoms with van der Waals surface area (Å²) in [4.78, 5) is 22.7. The highest BCUT2D eigenvalue weighted by atomic mass is 16.1. The van der Waals surface area contributed by atoms with Crippen LogP contribution in [-0.4, -0.2) is 43.6 Å². The topological polar surface area (TPSA) is 70.2 Å². The van der Waals surface area contributed by atoms with Crippen molar-refractivity contribution >= 4 is 17.5 Å². The van der Waals surface area contributed by atoms with Crippen LogP contribution in [0.25, 0.3) is 0 Å². The molecule has 1 unspecified atom stereocenters. The molecule has 1 aromatic rings. The number of rotatable bonds is 6. The van der Waals surface area contributed by atoms with Gasteiger partial charge in [0.1, 0.15) is 17.5 Å². The quantitative estimate of drug-likeness (QED) is 0.818. The molecule has 1 saturated carbocycles. The van der Waals surface area contributed by atoms with Crippen LogP contribution in [0.2, 0.25) is 0 Å². The number of hydrogen-bond acceptors (Lipinski definition) is 5. The van der Waals surface area contributed by atoms with Gasteiger partial charge in [-0.25, -0.2) is 9.97 Å². The highest BCUT2D eigenvalue weighted by Gasteiger charge is 2.28. The van der Waals surface area contributed by atoms with Gasteiger partial charge in [-0.3, -0.25) is 4.79 Å². The van der Waals surface area contributed by atoms with Gasteiger partial charge in [-0.15, -0.1) is 0 Å². The lowest BCUT2D eigenvalue weighted by molar-refractivity contribution is -0.123. The van der Waals surface area contributed by atoms with Crippen LogP contribution in [0.1, 0.15) is 31.5 Å². The van der Waals surface area contributed by atoms with Crippen molar-refractivity contribution in [2.24, 2.45) is 5.92 Å². The van der Waals surface area contributed by atoms with Gasteiger partial charge in [-0.05, 0) is 12.8 Å². The van der Waals surface area contributed by atoms with E-state index in [0.29, 0.717) is 12.5 Å². The minimum atomic E-state index is -0.0811. The minimum absolute atomic E-state index is 0.0437. The summed E-state index contributed by atoms with van der Waals surface area (Å²) in [5.41, 5.74) is 0. The highest BCUT2D eigenvalue weighted by molar-refractivity contribution is 5.78. The summed E-state index contributed by atoms with van der Waals surface area (Å²) in [7, 11) is 5.47. The lowest BCUT2D eigenvalue weighted by Gasteiger charge is -2.22. The van der Waals surface area contributed by atoms with Crippen LogP contribution < -0.4 is 15.5 Å². The SMILES string of the molecule is CNC(=O)C(C)CN(C)c1cc(NC)nc(C2CC2)n1. The third-order valence-corrected chi connectivity index (χ3v) is 3.56. The van der Waals surface area contributed by atoms with Gasteiger partial charge in [-0.2, -0.15) is 0 Å². The molecule has 1 atom stereocenters. The molecule has 1 aliphatic carbocycles. The molecule has 1 aliphatic rings. The van der Waals surface area contributed by atoms with E-state index in [1.54, 1.807) is 7.05 Å². The molecule has 6 heteroatoms. The van der Waals surface area contributed by atoms with Gasteiger partial charge in [0.2, 0.25) is 5.91 Å². The Kier molecular flexibility index (Phi) is 4.42. The molecule has 2 rings (SSSR count). The molecule has 6 nitrogen and oxygen atoms in total. The van der Waals surface area contributed by atoms with E-state index in [1.807, 2.05) is 32.0 Å². The predicted octanol–water partition coefficient (Wildman–Crippen LogP) is 1.21. The fraction of sp³-hybridized carbons (Fsp3) is 0.643. The second-order valence-corrected chi connectivity index (χ2v) is 5.39. The van der Waals surface area contributed by atoms with E-state index in [9.17, 15) is 4.79 Å². The summed E-state index contributed by atoms with van der Waals surface area (Å²) in [5, 5.41) is 5.75. The number of nitrogens with zero attached hydrogens (tertiary/aromatic N) is 3. The molecule has 110 valence electrons. The van der Waals surface area contributed by atoms with Gasteiger partial charge in [0.25, 0.3) is 0 Å². The maximum absolute atomic E-state index is 11.6. The van der Waals surface area contributed by atoms with Crippen molar-refractivity contribution in [2.45, 2.75) is 25.7 Å². The van der Waals surface area contributed by atoms with Crippen molar-refractivity contribution in [2.75, 3.05) is 37.9 Å². The number of carbonyl (C=O) groups is 1. The van der Waals surface area contributed by atoms with Crippen LogP contribution in [-0.2, 0) is 4.79 Å². The first-order valence-electron chi connectivity index (χ1n) is 7.04. The summed E-state index contributed by atoms with van der Waals surface area (Å²) in [6.45, 7) is 2.54. The van der Waals surface area contributed by atoms with Crippen molar-refractivity contribution in [1.82, 2.24) is 15.3 Å². The van der Waals surface area contributed by atoms with Crippen molar-refractivity contribution in [3.05, 3.63) is 11.9 Å². The molecule has 0 aliphatic heterocycles. The van der Waals surface area contributed by atoms with Gasteiger partial charge in [0, 0.05) is 39.7 Å². The van der Waals surface area contributed by atoms with Gasteiger partial charge in [0.05, 0.1) is 5.92 Å². The zero-order chi connectivity index (χ0) is 14.7. The molecule has 0 spiro atoms. The summed E-state index contributed by atoms with van der Waals surface area (Å²) in [5.74, 6) is 3.07. The van der Waals surface area contributed by atoms with Gasteiger partial charge >= 0.3 is 0 Å². The lowest BCUT2D eigenvalue weighted by Crippen LogP contribution is -2.34. The molecule has 0 saturated heterocycles. The second kappa shape index (κ2) is 6.07. The Morgan fingerprint density at radius 2 is 2.15 bits per heavy atom. The standard InChI is InChI=1S/C14H23N5O/c1-9(14(20)16-3)8-19(4)12-7-11(15-2)17-13(18-12)10-5-6-10/h7,9-10H,5-6,8H2,1-4H3,(H,16,20)(H,15,17,18). The monoisotopic (exact) mass is 277 g/mol. The van der Waals surface area contributed by atoms with Crippen molar-refractivity contribution in [1.29, 1.82) is 0 Å². The first kappa shape index (κ1) is 14.6. The van der Waals surface area contributed by atoms with Crippen LogP contribution in [0, 0.1) is 5.92 Å². The van der Waals surface area contributed by atoms with E-state index in [-0.39, 0.29) is 11.8 Å².